The molecule has 0 fully saturated rings. The molecule has 1 amide bonds. The van der Waals surface area contributed by atoms with Crippen molar-refractivity contribution < 1.29 is 14.7 Å². The number of aryl methyl sites for hydroxylation is 3. The molecule has 0 aliphatic heterocycles. The van der Waals surface area contributed by atoms with Gasteiger partial charge in [-0.05, 0) is 32.9 Å². The van der Waals surface area contributed by atoms with Crippen LogP contribution in [0, 0.1) is 20.8 Å². The molecule has 0 aliphatic rings. The Kier molecular flexibility index (Phi) is 4.51. The van der Waals surface area contributed by atoms with E-state index in [0.29, 0.717) is 17.0 Å². The maximum absolute atomic E-state index is 12.4. The van der Waals surface area contributed by atoms with Crippen molar-refractivity contribution in [1.82, 2.24) is 15.5 Å². The molecule has 6 nitrogen and oxygen atoms in total. The Balaban J connectivity index is 2.35. The number of rotatable bonds is 4. The minimum absolute atomic E-state index is 0.242. The van der Waals surface area contributed by atoms with E-state index in [2.05, 4.69) is 15.5 Å². The monoisotopic (exact) mass is 321 g/mol. The second-order valence-corrected chi connectivity index (χ2v) is 5.48. The lowest BCUT2D eigenvalue weighted by Crippen LogP contribution is -2.34. The lowest BCUT2D eigenvalue weighted by molar-refractivity contribution is -0.139. The zero-order valence-electron chi connectivity index (χ0n) is 12.4. The summed E-state index contributed by atoms with van der Waals surface area (Å²) in [6.07, 6.45) is 0. The Hall–Kier alpha value is -2.34. The van der Waals surface area contributed by atoms with Gasteiger partial charge in [0.15, 0.2) is 6.04 Å². The molecule has 0 saturated heterocycles. The van der Waals surface area contributed by atoms with Crippen LogP contribution in [0.3, 0.4) is 0 Å². The van der Waals surface area contributed by atoms with Crippen LogP contribution in [0.15, 0.2) is 18.2 Å². The summed E-state index contributed by atoms with van der Waals surface area (Å²) in [7, 11) is 0. The van der Waals surface area contributed by atoms with Crippen molar-refractivity contribution in [3.05, 3.63) is 51.3 Å². The smallest absolute Gasteiger partial charge is 0.331 e. The topological polar surface area (TPSA) is 95.1 Å². The minimum Gasteiger partial charge on any atom is -0.479 e. The maximum atomic E-state index is 12.4. The first-order valence-electron chi connectivity index (χ1n) is 6.62. The van der Waals surface area contributed by atoms with Gasteiger partial charge in [-0.15, -0.1) is 0 Å². The highest BCUT2D eigenvalue weighted by Gasteiger charge is 2.28. The number of nitrogens with one attached hydrogen (secondary N) is 2. The van der Waals surface area contributed by atoms with Crippen LogP contribution in [0.4, 0.5) is 0 Å². The van der Waals surface area contributed by atoms with Gasteiger partial charge in [-0.3, -0.25) is 9.89 Å². The van der Waals surface area contributed by atoms with Crippen LogP contribution in [0.5, 0.6) is 0 Å². The number of hydrogen-bond donors (Lipinski definition) is 3. The molecule has 116 valence electrons. The number of benzene rings is 1. The molecule has 0 aliphatic carbocycles. The molecular formula is C15H16ClN3O3. The Morgan fingerprint density at radius 2 is 2.00 bits per heavy atom. The highest BCUT2D eigenvalue weighted by atomic mass is 35.5. The normalized spacial score (nSPS) is 12.0. The first-order chi connectivity index (χ1) is 10.3. The molecule has 1 aromatic carbocycles. The molecular weight excluding hydrogens is 306 g/mol. The predicted molar refractivity (Wildman–Crippen MR) is 82.1 cm³/mol. The third-order valence-electron chi connectivity index (χ3n) is 3.36. The average Bonchev–Trinajstić information content (AvgIpc) is 2.78. The fourth-order valence-corrected chi connectivity index (χ4v) is 2.47. The number of aliphatic carboxylic acids is 1. The summed E-state index contributed by atoms with van der Waals surface area (Å²) in [6, 6.07) is 3.81. The first kappa shape index (κ1) is 16.0. The summed E-state index contributed by atoms with van der Waals surface area (Å²) in [6.45, 7) is 5.21. The number of nitrogens with zero attached hydrogens (tertiary/aromatic N) is 1. The quantitative estimate of drug-likeness (QED) is 0.806. The van der Waals surface area contributed by atoms with E-state index in [0.717, 1.165) is 5.56 Å². The summed E-state index contributed by atoms with van der Waals surface area (Å²) in [5.41, 5.74) is 2.68. The molecule has 22 heavy (non-hydrogen) atoms. The Morgan fingerprint density at radius 1 is 1.32 bits per heavy atom. The standard InChI is InChI=1S/C15H16ClN3O3/c1-7-4-5-11(16)10(6-7)14(20)17-13(15(21)22)12-8(2)18-19-9(12)3/h4-6,13H,1-3H3,(H,17,20)(H,18,19)(H,21,22)/t13-/m0/s1. The van der Waals surface area contributed by atoms with Gasteiger partial charge in [0.1, 0.15) is 0 Å². The van der Waals surface area contributed by atoms with E-state index in [-0.39, 0.29) is 10.6 Å². The summed E-state index contributed by atoms with van der Waals surface area (Å²) >= 11 is 6.01. The van der Waals surface area contributed by atoms with Crippen LogP contribution >= 0.6 is 11.6 Å². The SMILES string of the molecule is Cc1ccc(Cl)c(C(=O)N[C@H](C(=O)O)c2c(C)n[nH]c2C)c1. The first-order valence-corrected chi connectivity index (χ1v) is 7.00. The van der Waals surface area contributed by atoms with Gasteiger partial charge < -0.3 is 10.4 Å². The van der Waals surface area contributed by atoms with Crippen LogP contribution in [0.2, 0.25) is 5.02 Å². The van der Waals surface area contributed by atoms with Crippen LogP contribution < -0.4 is 5.32 Å². The van der Waals surface area contributed by atoms with E-state index in [1.807, 2.05) is 6.92 Å². The number of carbonyl (C=O) groups is 2. The molecule has 0 bridgehead atoms. The fourth-order valence-electron chi connectivity index (χ4n) is 2.26. The molecule has 3 N–H and O–H groups in total. The van der Waals surface area contributed by atoms with Crippen LogP contribution in [0.25, 0.3) is 0 Å². The summed E-state index contributed by atoms with van der Waals surface area (Å²) in [5, 5.41) is 18.9. The van der Waals surface area contributed by atoms with Crippen molar-refractivity contribution in [2.75, 3.05) is 0 Å². The van der Waals surface area contributed by atoms with Crippen molar-refractivity contribution >= 4 is 23.5 Å². The molecule has 1 heterocycles. The summed E-state index contributed by atoms with van der Waals surface area (Å²) in [4.78, 5) is 23.9. The lowest BCUT2D eigenvalue weighted by atomic mass is 10.0. The highest BCUT2D eigenvalue weighted by molar-refractivity contribution is 6.33. The van der Waals surface area contributed by atoms with Crippen LogP contribution in [-0.4, -0.2) is 27.2 Å². The number of aromatic amines is 1. The fraction of sp³-hybridized carbons (Fsp3) is 0.267. The van der Waals surface area contributed by atoms with Gasteiger partial charge in [-0.1, -0.05) is 23.2 Å². The van der Waals surface area contributed by atoms with Gasteiger partial charge in [-0.2, -0.15) is 5.10 Å². The molecule has 0 unspecified atom stereocenters. The number of H-pyrrole nitrogens is 1. The third-order valence-corrected chi connectivity index (χ3v) is 3.69. The minimum atomic E-state index is -1.19. The molecule has 0 saturated carbocycles. The van der Waals surface area contributed by atoms with E-state index in [4.69, 9.17) is 11.6 Å². The summed E-state index contributed by atoms with van der Waals surface area (Å²) < 4.78 is 0. The number of aromatic nitrogens is 2. The molecule has 2 aromatic rings. The predicted octanol–water partition coefficient (Wildman–Crippen LogP) is 2.54. The molecule has 0 radical (unpaired) electrons. The lowest BCUT2D eigenvalue weighted by Gasteiger charge is -2.16. The Labute approximate surface area is 132 Å². The zero-order valence-corrected chi connectivity index (χ0v) is 13.2. The van der Waals surface area contributed by atoms with E-state index in [1.165, 1.54) is 0 Å². The van der Waals surface area contributed by atoms with Gasteiger partial charge in [-0.25, -0.2) is 4.79 Å². The maximum Gasteiger partial charge on any atom is 0.331 e. The number of carboxylic acid groups (broad SMARTS) is 1. The molecule has 1 aromatic heterocycles. The van der Waals surface area contributed by atoms with Gasteiger partial charge in [0.2, 0.25) is 0 Å². The van der Waals surface area contributed by atoms with Crippen molar-refractivity contribution in [2.45, 2.75) is 26.8 Å². The number of carboxylic acids is 1. The largest absolute Gasteiger partial charge is 0.479 e. The zero-order chi connectivity index (χ0) is 16.4. The number of amides is 1. The highest BCUT2D eigenvalue weighted by Crippen LogP contribution is 2.22. The van der Waals surface area contributed by atoms with Crippen molar-refractivity contribution in [3.8, 4) is 0 Å². The molecule has 1 atom stereocenters. The van der Waals surface area contributed by atoms with Gasteiger partial charge in [0.25, 0.3) is 5.91 Å². The van der Waals surface area contributed by atoms with Crippen molar-refractivity contribution in [2.24, 2.45) is 0 Å². The van der Waals surface area contributed by atoms with E-state index < -0.39 is 17.9 Å². The van der Waals surface area contributed by atoms with Gasteiger partial charge >= 0.3 is 5.97 Å². The van der Waals surface area contributed by atoms with E-state index >= 15 is 0 Å². The van der Waals surface area contributed by atoms with Gasteiger partial charge in [0.05, 0.1) is 16.3 Å². The van der Waals surface area contributed by atoms with E-state index in [1.54, 1.807) is 32.0 Å². The van der Waals surface area contributed by atoms with Crippen LogP contribution in [-0.2, 0) is 4.79 Å². The van der Waals surface area contributed by atoms with E-state index in [9.17, 15) is 14.7 Å². The second-order valence-electron chi connectivity index (χ2n) is 5.08. The van der Waals surface area contributed by atoms with Gasteiger partial charge in [0, 0.05) is 11.3 Å². The molecule has 0 spiro atoms. The average molecular weight is 322 g/mol. The second kappa shape index (κ2) is 6.19. The van der Waals surface area contributed by atoms with Crippen molar-refractivity contribution in [3.63, 3.8) is 0 Å². The number of hydrogen-bond acceptors (Lipinski definition) is 3. The molecule has 7 heteroatoms. The van der Waals surface area contributed by atoms with Crippen LogP contribution in [0.1, 0.15) is 38.9 Å². The Bertz CT molecular complexity index is 720. The third kappa shape index (κ3) is 3.12. The summed E-state index contributed by atoms with van der Waals surface area (Å²) in [5.74, 6) is -1.70. The number of halogens is 1. The molecule has 2 rings (SSSR count). The number of carbonyl (C=O) groups excluding carboxylic acids is 1. The van der Waals surface area contributed by atoms with Crippen molar-refractivity contribution in [1.29, 1.82) is 0 Å². The Morgan fingerprint density at radius 3 is 2.55 bits per heavy atom.